The molecule has 3 heteroatoms. The number of rotatable bonds is 3. The van der Waals surface area contributed by atoms with E-state index in [0.717, 1.165) is 0 Å². The Hall–Kier alpha value is -0.900. The van der Waals surface area contributed by atoms with Gasteiger partial charge in [-0.15, -0.1) is 0 Å². The number of aliphatic hydroxyl groups excluding tert-OH is 1. The molecule has 2 saturated heterocycles. The monoisotopic (exact) mass is 234 g/mol. The largest absolute Gasteiger partial charge is 0.396 e. The lowest BCUT2D eigenvalue weighted by atomic mass is 9.57. The van der Waals surface area contributed by atoms with Crippen LogP contribution in [0, 0.1) is 12.3 Å². The van der Waals surface area contributed by atoms with Crippen molar-refractivity contribution in [2.24, 2.45) is 5.41 Å². The molecular formula is C14H18O3. The quantitative estimate of drug-likeness (QED) is 0.856. The van der Waals surface area contributed by atoms with Gasteiger partial charge in [0.25, 0.3) is 0 Å². The molecule has 0 aromatic heterocycles. The molecule has 2 heterocycles. The Morgan fingerprint density at radius 1 is 1.12 bits per heavy atom. The smallest absolute Gasteiger partial charge is 0.0593 e. The second-order valence-corrected chi connectivity index (χ2v) is 5.32. The molecule has 1 N–H and O–H groups in total. The van der Waals surface area contributed by atoms with E-state index in [1.165, 1.54) is 11.1 Å². The van der Waals surface area contributed by atoms with Crippen LogP contribution in [0.15, 0.2) is 24.3 Å². The summed E-state index contributed by atoms with van der Waals surface area (Å²) in [4.78, 5) is 0. The number of aliphatic hydroxyl groups is 1. The maximum Gasteiger partial charge on any atom is 0.0593 e. The maximum absolute atomic E-state index is 9.75. The van der Waals surface area contributed by atoms with Crippen molar-refractivity contribution in [3.63, 3.8) is 0 Å². The number of ether oxygens (including phenoxy) is 2. The minimum absolute atomic E-state index is 0.0503. The zero-order valence-electron chi connectivity index (χ0n) is 10.1. The molecule has 0 amide bonds. The first kappa shape index (κ1) is 11.2. The fourth-order valence-corrected chi connectivity index (χ4v) is 3.03. The molecule has 92 valence electrons. The summed E-state index contributed by atoms with van der Waals surface area (Å²) in [5.41, 5.74) is 2.39. The summed E-state index contributed by atoms with van der Waals surface area (Å²) < 4.78 is 10.8. The van der Waals surface area contributed by atoms with Crippen molar-refractivity contribution in [3.8, 4) is 0 Å². The highest BCUT2D eigenvalue weighted by Crippen LogP contribution is 2.52. The molecule has 2 aliphatic heterocycles. The van der Waals surface area contributed by atoms with Gasteiger partial charge in [-0.25, -0.2) is 0 Å². The van der Waals surface area contributed by atoms with Crippen molar-refractivity contribution in [2.45, 2.75) is 12.3 Å². The van der Waals surface area contributed by atoms with Crippen molar-refractivity contribution in [1.82, 2.24) is 0 Å². The van der Waals surface area contributed by atoms with Gasteiger partial charge in [-0.1, -0.05) is 24.3 Å². The van der Waals surface area contributed by atoms with Crippen molar-refractivity contribution >= 4 is 0 Å². The summed E-state index contributed by atoms with van der Waals surface area (Å²) >= 11 is 0. The van der Waals surface area contributed by atoms with Crippen molar-refractivity contribution in [2.75, 3.05) is 33.0 Å². The molecule has 0 radical (unpaired) electrons. The molecule has 3 nitrogen and oxygen atoms in total. The van der Waals surface area contributed by atoms with Crippen LogP contribution < -0.4 is 0 Å². The van der Waals surface area contributed by atoms with E-state index < -0.39 is 0 Å². The molecule has 2 fully saturated rings. The first-order chi connectivity index (χ1) is 8.24. The lowest BCUT2D eigenvalue weighted by Gasteiger charge is -2.59. The van der Waals surface area contributed by atoms with Gasteiger partial charge in [-0.2, -0.15) is 0 Å². The van der Waals surface area contributed by atoms with Crippen LogP contribution in [0.25, 0.3) is 0 Å². The Bertz CT molecular complexity index is 414. The van der Waals surface area contributed by atoms with Gasteiger partial charge in [-0.05, 0) is 18.1 Å². The van der Waals surface area contributed by atoms with E-state index in [9.17, 15) is 5.11 Å². The number of hydrogen-bond donors (Lipinski definition) is 1. The summed E-state index contributed by atoms with van der Waals surface area (Å²) in [7, 11) is 0. The maximum atomic E-state index is 9.75. The normalized spacial score (nSPS) is 24.8. The van der Waals surface area contributed by atoms with Crippen molar-refractivity contribution < 1.29 is 14.6 Å². The second-order valence-electron chi connectivity index (χ2n) is 5.32. The summed E-state index contributed by atoms with van der Waals surface area (Å²) in [5, 5.41) is 9.75. The number of aryl methyl sites for hydroxylation is 1. The molecule has 0 bridgehead atoms. The molecule has 0 atom stereocenters. The highest BCUT2D eigenvalue weighted by molar-refractivity contribution is 5.39. The summed E-state index contributed by atoms with van der Waals surface area (Å²) in [6.07, 6.45) is 0. The Morgan fingerprint density at radius 3 is 2.18 bits per heavy atom. The molecule has 3 rings (SSSR count). The topological polar surface area (TPSA) is 38.7 Å². The predicted octanol–water partition coefficient (Wildman–Crippen LogP) is 1.27. The van der Waals surface area contributed by atoms with Crippen molar-refractivity contribution in [1.29, 1.82) is 0 Å². The standard InChI is InChI=1S/C14H18O3/c1-11-4-2-3-5-12(11)14(9-17-10-14)13(6-15)7-16-8-13/h2-5,15H,6-10H2,1H3. The van der Waals surface area contributed by atoms with E-state index in [1.54, 1.807) is 0 Å². The van der Waals surface area contributed by atoms with Crippen LogP contribution in [0.5, 0.6) is 0 Å². The molecule has 1 aromatic carbocycles. The van der Waals surface area contributed by atoms with E-state index in [4.69, 9.17) is 9.47 Å². The fourth-order valence-electron chi connectivity index (χ4n) is 3.03. The SMILES string of the molecule is Cc1ccccc1C1(C2(CO)COC2)COC1. The molecular weight excluding hydrogens is 216 g/mol. The van der Waals surface area contributed by atoms with Gasteiger partial charge in [0, 0.05) is 0 Å². The third-order valence-electron chi connectivity index (χ3n) is 4.43. The molecule has 17 heavy (non-hydrogen) atoms. The van der Waals surface area contributed by atoms with E-state index in [0.29, 0.717) is 26.4 Å². The highest BCUT2D eigenvalue weighted by atomic mass is 16.5. The first-order valence-corrected chi connectivity index (χ1v) is 6.07. The van der Waals surface area contributed by atoms with Crippen LogP contribution in [0.4, 0.5) is 0 Å². The van der Waals surface area contributed by atoms with Gasteiger partial charge in [-0.3, -0.25) is 0 Å². The van der Waals surface area contributed by atoms with Gasteiger partial charge in [0.2, 0.25) is 0 Å². The van der Waals surface area contributed by atoms with E-state index in [2.05, 4.69) is 31.2 Å². The number of benzene rings is 1. The predicted molar refractivity (Wildman–Crippen MR) is 64.0 cm³/mol. The summed E-state index contributed by atoms with van der Waals surface area (Å²) in [5.74, 6) is 0. The molecule has 2 aliphatic rings. The van der Waals surface area contributed by atoms with Crippen LogP contribution in [-0.2, 0) is 14.9 Å². The van der Waals surface area contributed by atoms with Crippen LogP contribution >= 0.6 is 0 Å². The van der Waals surface area contributed by atoms with Gasteiger partial charge < -0.3 is 14.6 Å². The number of hydrogen-bond acceptors (Lipinski definition) is 3. The van der Waals surface area contributed by atoms with E-state index in [1.807, 2.05) is 0 Å². The molecule has 1 aromatic rings. The minimum atomic E-state index is -0.142. The molecule has 0 unspecified atom stereocenters. The average molecular weight is 234 g/mol. The summed E-state index contributed by atoms with van der Waals surface area (Å²) in [6.45, 7) is 4.97. The molecule has 0 aliphatic carbocycles. The minimum Gasteiger partial charge on any atom is -0.396 e. The highest BCUT2D eigenvalue weighted by Gasteiger charge is 2.61. The molecule has 0 spiro atoms. The van der Waals surface area contributed by atoms with Gasteiger partial charge in [0.15, 0.2) is 0 Å². The van der Waals surface area contributed by atoms with E-state index in [-0.39, 0.29) is 17.4 Å². The van der Waals surface area contributed by atoms with Crippen molar-refractivity contribution in [3.05, 3.63) is 35.4 Å². The van der Waals surface area contributed by atoms with Crippen LogP contribution in [-0.4, -0.2) is 38.1 Å². The Labute approximate surface area is 101 Å². The van der Waals surface area contributed by atoms with Crippen LogP contribution in [0.3, 0.4) is 0 Å². The van der Waals surface area contributed by atoms with Gasteiger partial charge in [0.05, 0.1) is 43.9 Å². The third-order valence-corrected chi connectivity index (χ3v) is 4.43. The lowest BCUT2D eigenvalue weighted by Crippen LogP contribution is -2.68. The zero-order valence-corrected chi connectivity index (χ0v) is 10.1. The fraction of sp³-hybridized carbons (Fsp3) is 0.571. The van der Waals surface area contributed by atoms with Gasteiger partial charge in [0.1, 0.15) is 0 Å². The molecule has 0 saturated carbocycles. The Balaban J connectivity index is 2.06. The second kappa shape index (κ2) is 3.80. The zero-order chi connectivity index (χ0) is 11.9. The average Bonchev–Trinajstić information content (AvgIpc) is 2.22. The summed E-state index contributed by atoms with van der Waals surface area (Å²) in [6, 6.07) is 8.40. The van der Waals surface area contributed by atoms with Crippen LogP contribution in [0.1, 0.15) is 11.1 Å². The first-order valence-electron chi connectivity index (χ1n) is 6.07. The van der Waals surface area contributed by atoms with Crippen LogP contribution in [0.2, 0.25) is 0 Å². The Morgan fingerprint density at radius 2 is 1.76 bits per heavy atom. The van der Waals surface area contributed by atoms with Gasteiger partial charge >= 0.3 is 0 Å². The van der Waals surface area contributed by atoms with E-state index >= 15 is 0 Å². The Kier molecular flexibility index (Phi) is 2.51. The lowest BCUT2D eigenvalue weighted by molar-refractivity contribution is -0.242. The third kappa shape index (κ3) is 1.33.